The van der Waals surface area contributed by atoms with Gasteiger partial charge in [0.2, 0.25) is 5.91 Å². The zero-order valence-corrected chi connectivity index (χ0v) is 11.3. The molecule has 1 saturated heterocycles. The van der Waals surface area contributed by atoms with Crippen LogP contribution in [0, 0.1) is 5.92 Å². The van der Waals surface area contributed by atoms with E-state index in [0.29, 0.717) is 13.2 Å². The predicted octanol–water partition coefficient (Wildman–Crippen LogP) is 1.62. The molecule has 0 spiro atoms. The van der Waals surface area contributed by atoms with Crippen LogP contribution in [0.2, 0.25) is 0 Å². The molecule has 3 atom stereocenters. The monoisotopic (exact) mass is 262 g/mol. The molecule has 1 aromatic carbocycles. The summed E-state index contributed by atoms with van der Waals surface area (Å²) < 4.78 is 5.40. The molecule has 0 radical (unpaired) electrons. The van der Waals surface area contributed by atoms with Gasteiger partial charge in [-0.15, -0.1) is 0 Å². The lowest BCUT2D eigenvalue weighted by Crippen LogP contribution is -2.33. The van der Waals surface area contributed by atoms with Gasteiger partial charge in [0.1, 0.15) is 0 Å². The van der Waals surface area contributed by atoms with Crippen LogP contribution < -0.4 is 11.1 Å². The number of carbonyl (C=O) groups excluding carboxylic acids is 1. The van der Waals surface area contributed by atoms with Gasteiger partial charge in [0.25, 0.3) is 0 Å². The molecule has 4 heteroatoms. The zero-order valence-electron chi connectivity index (χ0n) is 11.3. The van der Waals surface area contributed by atoms with Crippen molar-refractivity contribution in [2.24, 2.45) is 11.7 Å². The van der Waals surface area contributed by atoms with Crippen LogP contribution in [-0.2, 0) is 9.53 Å². The summed E-state index contributed by atoms with van der Waals surface area (Å²) in [6.45, 7) is 3.15. The highest BCUT2D eigenvalue weighted by Crippen LogP contribution is 2.19. The molecule has 0 saturated carbocycles. The third-order valence-corrected chi connectivity index (χ3v) is 3.55. The van der Waals surface area contributed by atoms with Crippen molar-refractivity contribution < 1.29 is 9.53 Å². The Morgan fingerprint density at radius 3 is 2.84 bits per heavy atom. The lowest BCUT2D eigenvalue weighted by Gasteiger charge is -2.14. The summed E-state index contributed by atoms with van der Waals surface area (Å²) in [7, 11) is 0. The molecule has 1 aliphatic rings. The fraction of sp³-hybridized carbons (Fsp3) is 0.533. The largest absolute Gasteiger partial charge is 0.378 e. The molecule has 4 nitrogen and oxygen atoms in total. The van der Waals surface area contributed by atoms with Crippen LogP contribution in [-0.4, -0.2) is 25.2 Å². The Morgan fingerprint density at radius 1 is 1.47 bits per heavy atom. The van der Waals surface area contributed by atoms with E-state index in [1.165, 1.54) is 0 Å². The van der Waals surface area contributed by atoms with Gasteiger partial charge in [-0.05, 0) is 25.3 Å². The SMILES string of the molecule is CC1CC(C(=O)NCCC(N)c2ccccc2)CO1. The molecule has 2 rings (SSSR count). The Balaban J connectivity index is 1.70. The Labute approximate surface area is 114 Å². The first kappa shape index (κ1) is 14.0. The van der Waals surface area contributed by atoms with Crippen molar-refractivity contribution in [3.05, 3.63) is 35.9 Å². The van der Waals surface area contributed by atoms with E-state index in [9.17, 15) is 4.79 Å². The molecule has 1 heterocycles. The maximum Gasteiger partial charge on any atom is 0.225 e. The van der Waals surface area contributed by atoms with Crippen LogP contribution in [0.25, 0.3) is 0 Å². The molecule has 1 aliphatic heterocycles. The molecule has 1 amide bonds. The van der Waals surface area contributed by atoms with Crippen molar-refractivity contribution >= 4 is 5.91 Å². The van der Waals surface area contributed by atoms with Crippen molar-refractivity contribution in [1.29, 1.82) is 0 Å². The number of hydrogen-bond donors (Lipinski definition) is 2. The Hall–Kier alpha value is -1.39. The second kappa shape index (κ2) is 6.68. The molecule has 1 aromatic rings. The number of rotatable bonds is 5. The van der Waals surface area contributed by atoms with Gasteiger partial charge in [-0.1, -0.05) is 30.3 Å². The lowest BCUT2D eigenvalue weighted by molar-refractivity contribution is -0.124. The van der Waals surface area contributed by atoms with Crippen molar-refractivity contribution in [2.75, 3.05) is 13.2 Å². The molecule has 1 fully saturated rings. The smallest absolute Gasteiger partial charge is 0.225 e. The summed E-state index contributed by atoms with van der Waals surface area (Å²) in [4.78, 5) is 11.9. The van der Waals surface area contributed by atoms with Crippen molar-refractivity contribution in [3.8, 4) is 0 Å². The molecule has 3 N–H and O–H groups in total. The maximum absolute atomic E-state index is 11.9. The minimum Gasteiger partial charge on any atom is -0.378 e. The van der Waals surface area contributed by atoms with Crippen LogP contribution in [0.15, 0.2) is 30.3 Å². The summed E-state index contributed by atoms with van der Waals surface area (Å²) in [6.07, 6.45) is 1.76. The number of benzene rings is 1. The number of ether oxygens (including phenoxy) is 1. The first-order chi connectivity index (χ1) is 9.16. The van der Waals surface area contributed by atoms with Gasteiger partial charge < -0.3 is 15.8 Å². The first-order valence-electron chi connectivity index (χ1n) is 6.86. The minimum absolute atomic E-state index is 0.00273. The van der Waals surface area contributed by atoms with Crippen molar-refractivity contribution in [3.63, 3.8) is 0 Å². The molecule has 19 heavy (non-hydrogen) atoms. The third-order valence-electron chi connectivity index (χ3n) is 3.55. The maximum atomic E-state index is 11.9. The van der Waals surface area contributed by atoms with Gasteiger partial charge in [0.05, 0.1) is 18.6 Å². The lowest BCUT2D eigenvalue weighted by atomic mass is 10.0. The average molecular weight is 262 g/mol. The van der Waals surface area contributed by atoms with Gasteiger partial charge in [-0.25, -0.2) is 0 Å². The summed E-state index contributed by atoms with van der Waals surface area (Å²) in [5.41, 5.74) is 7.19. The average Bonchev–Trinajstić information content (AvgIpc) is 2.86. The van der Waals surface area contributed by atoms with E-state index in [1.54, 1.807) is 0 Å². The van der Waals surface area contributed by atoms with E-state index in [-0.39, 0.29) is 24.0 Å². The molecule has 0 aromatic heterocycles. The number of carbonyl (C=O) groups is 1. The molecule has 0 aliphatic carbocycles. The van der Waals surface area contributed by atoms with Gasteiger partial charge in [-0.3, -0.25) is 4.79 Å². The topological polar surface area (TPSA) is 64.4 Å². The fourth-order valence-electron chi connectivity index (χ4n) is 2.36. The van der Waals surface area contributed by atoms with E-state index in [2.05, 4.69) is 5.32 Å². The standard InChI is InChI=1S/C15H22N2O2/c1-11-9-13(10-19-11)15(18)17-8-7-14(16)12-5-3-2-4-6-12/h2-6,11,13-14H,7-10,16H2,1H3,(H,17,18). The summed E-state index contributed by atoms with van der Waals surface area (Å²) in [6, 6.07) is 9.92. The van der Waals surface area contributed by atoms with Crippen molar-refractivity contribution in [1.82, 2.24) is 5.32 Å². The van der Waals surface area contributed by atoms with Crippen LogP contribution in [0.5, 0.6) is 0 Å². The molecule has 3 unspecified atom stereocenters. The number of hydrogen-bond acceptors (Lipinski definition) is 3. The third kappa shape index (κ3) is 4.04. The Kier molecular flexibility index (Phi) is 4.93. The first-order valence-corrected chi connectivity index (χ1v) is 6.86. The van der Waals surface area contributed by atoms with Crippen LogP contribution in [0.4, 0.5) is 0 Å². The van der Waals surface area contributed by atoms with Gasteiger partial charge in [0, 0.05) is 12.6 Å². The van der Waals surface area contributed by atoms with Crippen LogP contribution in [0.3, 0.4) is 0 Å². The van der Waals surface area contributed by atoms with Crippen molar-refractivity contribution in [2.45, 2.75) is 31.9 Å². The van der Waals surface area contributed by atoms with E-state index < -0.39 is 0 Å². The summed E-state index contributed by atoms with van der Waals surface area (Å²) in [5.74, 6) is 0.0903. The van der Waals surface area contributed by atoms with E-state index >= 15 is 0 Å². The minimum atomic E-state index is -0.0275. The fourth-order valence-corrected chi connectivity index (χ4v) is 2.36. The highest BCUT2D eigenvalue weighted by atomic mass is 16.5. The Morgan fingerprint density at radius 2 is 2.21 bits per heavy atom. The molecular formula is C15H22N2O2. The summed E-state index contributed by atoms with van der Waals surface area (Å²) in [5, 5.41) is 2.95. The van der Waals surface area contributed by atoms with Crippen LogP contribution in [0.1, 0.15) is 31.4 Å². The number of nitrogens with two attached hydrogens (primary N) is 1. The highest BCUT2D eigenvalue weighted by molar-refractivity contribution is 5.79. The second-order valence-corrected chi connectivity index (χ2v) is 5.17. The summed E-state index contributed by atoms with van der Waals surface area (Å²) >= 11 is 0. The second-order valence-electron chi connectivity index (χ2n) is 5.17. The predicted molar refractivity (Wildman–Crippen MR) is 74.5 cm³/mol. The Bertz CT molecular complexity index is 408. The molecular weight excluding hydrogens is 240 g/mol. The molecule has 0 bridgehead atoms. The number of amides is 1. The van der Waals surface area contributed by atoms with E-state index in [0.717, 1.165) is 18.4 Å². The quantitative estimate of drug-likeness (QED) is 0.847. The van der Waals surface area contributed by atoms with Gasteiger partial charge in [-0.2, -0.15) is 0 Å². The van der Waals surface area contributed by atoms with Gasteiger partial charge in [0.15, 0.2) is 0 Å². The van der Waals surface area contributed by atoms with E-state index in [4.69, 9.17) is 10.5 Å². The normalized spacial score (nSPS) is 24.1. The zero-order chi connectivity index (χ0) is 13.7. The van der Waals surface area contributed by atoms with Crippen LogP contribution >= 0.6 is 0 Å². The number of nitrogens with one attached hydrogen (secondary N) is 1. The molecule has 104 valence electrons. The van der Waals surface area contributed by atoms with E-state index in [1.807, 2.05) is 37.3 Å². The van der Waals surface area contributed by atoms with Gasteiger partial charge >= 0.3 is 0 Å². The highest BCUT2D eigenvalue weighted by Gasteiger charge is 2.27.